The number of amides is 8. The van der Waals surface area contributed by atoms with E-state index in [1.54, 1.807) is 42.6 Å². The fourth-order valence-corrected chi connectivity index (χ4v) is 8.51. The highest BCUT2D eigenvalue weighted by atomic mass is 32.1. The van der Waals surface area contributed by atoms with E-state index in [-0.39, 0.29) is 54.9 Å². The molecular weight excluding hydrogens is 965 g/mol. The summed E-state index contributed by atoms with van der Waals surface area (Å²) < 4.78 is 21.5. The second kappa shape index (κ2) is 28.8. The Morgan fingerprint density at radius 2 is 1.59 bits per heavy atom. The smallest absolute Gasteiger partial charge is 0.264 e. The maximum absolute atomic E-state index is 13.1. The molecule has 3 aliphatic rings. The van der Waals surface area contributed by atoms with Crippen molar-refractivity contribution < 1.29 is 57.3 Å². The van der Waals surface area contributed by atoms with Crippen molar-refractivity contribution in [3.05, 3.63) is 88.4 Å². The topological polar surface area (TPSA) is 269 Å². The average Bonchev–Trinajstić information content (AvgIpc) is 3.96. The molecule has 0 spiro atoms. The number of fused-ring (bicyclic) bond motifs is 1. The average molecular weight is 1030 g/mol. The van der Waals surface area contributed by atoms with Crippen LogP contribution in [-0.4, -0.2) is 178 Å². The van der Waals surface area contributed by atoms with Crippen molar-refractivity contribution >= 4 is 69.9 Å². The molecule has 5 N–H and O–H groups in total. The number of carbonyl (C=O) groups excluding carboxylic acids is 8. The number of likely N-dealkylation sites (N-methyl/N-ethyl adjacent to an activating group) is 1. The lowest BCUT2D eigenvalue weighted by Gasteiger charge is -2.32. The van der Waals surface area contributed by atoms with Gasteiger partial charge in [0.1, 0.15) is 24.1 Å². The number of thiazole rings is 1. The number of pyridine rings is 1. The number of anilines is 2. The van der Waals surface area contributed by atoms with Crippen LogP contribution in [-0.2, 0) is 33.4 Å². The molecule has 2 saturated heterocycles. The molecule has 23 heteroatoms. The van der Waals surface area contributed by atoms with Crippen LogP contribution in [0, 0.1) is 0 Å². The number of rotatable bonds is 26. The lowest BCUT2D eigenvalue weighted by atomic mass is 10.0. The predicted molar refractivity (Wildman–Crippen MR) is 269 cm³/mol. The Morgan fingerprint density at radius 3 is 2.33 bits per heavy atom. The molecule has 5 heterocycles. The Hall–Kier alpha value is -7.18. The molecule has 2 aromatic carbocycles. The summed E-state index contributed by atoms with van der Waals surface area (Å²) in [5, 5.41) is 15.8. The van der Waals surface area contributed by atoms with Gasteiger partial charge < -0.3 is 44.7 Å². The van der Waals surface area contributed by atoms with Crippen molar-refractivity contribution in [3.8, 4) is 17.1 Å². The number of nitrogens with one attached hydrogen (secondary N) is 5. The third kappa shape index (κ3) is 16.4. The number of hydrogen-bond donors (Lipinski definition) is 5. The third-order valence-electron chi connectivity index (χ3n) is 11.6. The molecule has 2 aromatic heterocycles. The van der Waals surface area contributed by atoms with Crippen molar-refractivity contribution in [3.63, 3.8) is 0 Å². The van der Waals surface area contributed by atoms with E-state index in [1.165, 1.54) is 11.3 Å². The summed E-state index contributed by atoms with van der Waals surface area (Å²) in [6.07, 6.45) is 4.83. The standard InChI is InChI=1S/C27H37N5O9.C23H25N5O3S/c33-18-28-11-12-39-13-14-40-15-16-41-17-23(35)30-10-3-1-2-9-29-20-6-4-5-19-24(20)27(38)32(26(19)37)21-7-8-22(34)31-25(21)36;1-3-31-18-13-16(12-17(14-18)22(30)28-10-8-27(2)9-11-28)21(29)26-23-25-20(15-32-23)19-6-4-5-7-24-19/h4-6,18,21,29H,1-3,7-17H2,(H,28,33)(H,30,35)(H,31,34,36);4-7,12-15H,3,8-11H2,1-2H3,(H,25,26,29). The summed E-state index contributed by atoms with van der Waals surface area (Å²) in [7, 11) is 2.04. The van der Waals surface area contributed by atoms with E-state index in [0.717, 1.165) is 42.9 Å². The molecule has 0 bridgehead atoms. The van der Waals surface area contributed by atoms with Crippen molar-refractivity contribution in [2.45, 2.75) is 45.1 Å². The highest BCUT2D eigenvalue weighted by Gasteiger charge is 2.45. The van der Waals surface area contributed by atoms with E-state index in [1.807, 2.05) is 42.5 Å². The van der Waals surface area contributed by atoms with Crippen LogP contribution in [0.4, 0.5) is 10.8 Å². The van der Waals surface area contributed by atoms with E-state index in [0.29, 0.717) is 106 Å². The van der Waals surface area contributed by atoms with E-state index < -0.39 is 29.7 Å². The van der Waals surface area contributed by atoms with Gasteiger partial charge >= 0.3 is 0 Å². The maximum Gasteiger partial charge on any atom is 0.264 e. The first kappa shape index (κ1) is 55.1. The SMILES string of the molecule is CCOc1cc(C(=O)Nc2nc(-c3ccccn3)cs2)cc(C(=O)N2CCN(C)CC2)c1.O=CNCCOCCOCCOCC(=O)NCCCCCNc1cccc2c1C(=O)N(C1CCC(=O)NC1=O)C2=O. The van der Waals surface area contributed by atoms with Gasteiger partial charge in [0.15, 0.2) is 5.13 Å². The van der Waals surface area contributed by atoms with Crippen molar-refractivity contribution in [2.24, 2.45) is 0 Å². The number of aromatic nitrogens is 2. The predicted octanol–water partition coefficient (Wildman–Crippen LogP) is 2.83. The number of piperazine rings is 1. The molecule has 0 radical (unpaired) electrons. The zero-order chi connectivity index (χ0) is 52.0. The van der Waals surface area contributed by atoms with Gasteiger partial charge in [-0.05, 0) is 82.1 Å². The van der Waals surface area contributed by atoms with Gasteiger partial charge in [-0.2, -0.15) is 0 Å². The zero-order valence-electron chi connectivity index (χ0n) is 41.0. The number of nitrogens with zero attached hydrogens (tertiary/aromatic N) is 5. The Labute approximate surface area is 426 Å². The summed E-state index contributed by atoms with van der Waals surface area (Å²) in [6, 6.07) is 14.5. The summed E-state index contributed by atoms with van der Waals surface area (Å²) in [5.41, 5.74) is 3.21. The first-order valence-corrected chi connectivity index (χ1v) is 25.0. The minimum Gasteiger partial charge on any atom is -0.494 e. The fourth-order valence-electron chi connectivity index (χ4n) is 7.81. The largest absolute Gasteiger partial charge is 0.494 e. The lowest BCUT2D eigenvalue weighted by molar-refractivity contribution is -0.136. The van der Waals surface area contributed by atoms with Crippen LogP contribution >= 0.6 is 11.3 Å². The quantitative estimate of drug-likeness (QED) is 0.0344. The Bertz CT molecular complexity index is 2540. The number of carbonyl (C=O) groups is 8. The van der Waals surface area contributed by atoms with Crippen LogP contribution in [0.15, 0.2) is 66.2 Å². The van der Waals surface area contributed by atoms with Crippen LogP contribution in [0.2, 0.25) is 0 Å². The first-order chi connectivity index (χ1) is 35.5. The number of imide groups is 2. The first-order valence-electron chi connectivity index (χ1n) is 24.2. The number of piperidine rings is 1. The molecule has 1 atom stereocenters. The lowest BCUT2D eigenvalue weighted by Crippen LogP contribution is -2.54. The van der Waals surface area contributed by atoms with Crippen molar-refractivity contribution in [2.75, 3.05) is 110 Å². The van der Waals surface area contributed by atoms with Gasteiger partial charge in [0.05, 0.1) is 56.5 Å². The summed E-state index contributed by atoms with van der Waals surface area (Å²) in [6.45, 7) is 8.57. The zero-order valence-corrected chi connectivity index (χ0v) is 41.8. The highest BCUT2D eigenvalue weighted by molar-refractivity contribution is 7.14. The number of unbranched alkanes of at least 4 members (excludes halogenated alkanes) is 2. The van der Waals surface area contributed by atoms with Crippen LogP contribution in [0.25, 0.3) is 11.4 Å². The molecule has 0 aliphatic carbocycles. The van der Waals surface area contributed by atoms with E-state index in [9.17, 15) is 38.4 Å². The fraction of sp³-hybridized carbons (Fsp3) is 0.440. The van der Waals surface area contributed by atoms with Crippen molar-refractivity contribution in [1.82, 2.24) is 40.6 Å². The van der Waals surface area contributed by atoms with Crippen LogP contribution < -0.4 is 31.3 Å². The second-order valence-corrected chi connectivity index (χ2v) is 17.7. The van der Waals surface area contributed by atoms with Gasteiger partial charge in [0, 0.05) is 80.6 Å². The van der Waals surface area contributed by atoms with Gasteiger partial charge in [0.2, 0.25) is 24.1 Å². The normalized spacial score (nSPS) is 15.5. The highest BCUT2D eigenvalue weighted by Crippen LogP contribution is 2.32. The van der Waals surface area contributed by atoms with Gasteiger partial charge in [-0.1, -0.05) is 12.1 Å². The molecule has 22 nitrogen and oxygen atoms in total. The van der Waals surface area contributed by atoms with Crippen LogP contribution in [0.3, 0.4) is 0 Å². The molecule has 4 aromatic rings. The van der Waals surface area contributed by atoms with Crippen molar-refractivity contribution in [1.29, 1.82) is 0 Å². The van der Waals surface area contributed by atoms with E-state index in [2.05, 4.69) is 41.5 Å². The van der Waals surface area contributed by atoms with E-state index in [4.69, 9.17) is 18.9 Å². The third-order valence-corrected chi connectivity index (χ3v) is 12.3. The molecule has 7 rings (SSSR count). The van der Waals surface area contributed by atoms with E-state index >= 15 is 0 Å². The Balaban J connectivity index is 0.000000245. The monoisotopic (exact) mass is 1030 g/mol. The molecule has 3 aliphatic heterocycles. The molecule has 8 amide bonds. The minimum absolute atomic E-state index is 0.0551. The number of hydrogen-bond acceptors (Lipinski definition) is 17. The molecule has 2 fully saturated rings. The number of ether oxygens (including phenoxy) is 4. The van der Waals surface area contributed by atoms with Gasteiger partial charge in [-0.25, -0.2) is 4.98 Å². The van der Waals surface area contributed by atoms with Gasteiger partial charge in [-0.15, -0.1) is 11.3 Å². The molecule has 390 valence electrons. The molecular formula is C50H62N10O12S. The summed E-state index contributed by atoms with van der Waals surface area (Å²) in [4.78, 5) is 111. The second-order valence-electron chi connectivity index (χ2n) is 16.8. The summed E-state index contributed by atoms with van der Waals surface area (Å²) in [5.74, 6) is -2.31. The Kier molecular flexibility index (Phi) is 21.7. The molecule has 73 heavy (non-hydrogen) atoms. The van der Waals surface area contributed by atoms with Crippen LogP contribution in [0.1, 0.15) is 80.5 Å². The van der Waals surface area contributed by atoms with Gasteiger partial charge in [0.25, 0.3) is 23.6 Å². The Morgan fingerprint density at radius 1 is 0.836 bits per heavy atom. The van der Waals surface area contributed by atoms with Crippen LogP contribution in [0.5, 0.6) is 5.75 Å². The minimum atomic E-state index is -1.00. The van der Waals surface area contributed by atoms with Gasteiger partial charge in [-0.3, -0.25) is 58.9 Å². The summed E-state index contributed by atoms with van der Waals surface area (Å²) >= 11 is 1.32. The molecule has 0 saturated carbocycles. The molecule has 1 unspecified atom stereocenters. The number of benzene rings is 2. The maximum atomic E-state index is 13.1.